The van der Waals surface area contributed by atoms with Gasteiger partial charge in [-0.3, -0.25) is 4.79 Å². The Morgan fingerprint density at radius 2 is 1.97 bits per heavy atom. The van der Waals surface area contributed by atoms with Crippen LogP contribution in [0.15, 0.2) is 60.2 Å². The van der Waals surface area contributed by atoms with E-state index in [2.05, 4.69) is 6.08 Å². The summed E-state index contributed by atoms with van der Waals surface area (Å²) in [6.07, 6.45) is 3.27. The molecular weight excluding hydrogens is 369 g/mol. The van der Waals surface area contributed by atoms with E-state index >= 15 is 0 Å². The van der Waals surface area contributed by atoms with Crippen LogP contribution in [0.25, 0.3) is 0 Å². The van der Waals surface area contributed by atoms with E-state index in [1.165, 1.54) is 23.8 Å². The zero-order valence-corrected chi connectivity index (χ0v) is 16.4. The Hall–Kier alpha value is -3.13. The normalized spacial score (nSPS) is 22.2. The molecule has 4 rings (SSSR count). The molecule has 0 radical (unpaired) electrons. The minimum absolute atomic E-state index is 0.0203. The van der Waals surface area contributed by atoms with Gasteiger partial charge in [0.2, 0.25) is 6.10 Å². The van der Waals surface area contributed by atoms with Crippen molar-refractivity contribution >= 4 is 5.97 Å². The van der Waals surface area contributed by atoms with Gasteiger partial charge >= 0.3 is 5.97 Å². The third kappa shape index (κ3) is 4.02. The summed E-state index contributed by atoms with van der Waals surface area (Å²) in [4.78, 5) is 12.7. The van der Waals surface area contributed by atoms with Crippen molar-refractivity contribution in [1.29, 1.82) is 5.26 Å². The van der Waals surface area contributed by atoms with Crippen LogP contribution in [0, 0.1) is 34.4 Å². The minimum Gasteiger partial charge on any atom is -0.454 e. The van der Waals surface area contributed by atoms with E-state index in [0.29, 0.717) is 11.3 Å². The summed E-state index contributed by atoms with van der Waals surface area (Å²) >= 11 is 0. The van der Waals surface area contributed by atoms with E-state index in [1.54, 1.807) is 24.3 Å². The van der Waals surface area contributed by atoms with E-state index < -0.39 is 11.9 Å². The smallest absolute Gasteiger partial charge is 0.311 e. The van der Waals surface area contributed by atoms with Gasteiger partial charge < -0.3 is 9.47 Å². The van der Waals surface area contributed by atoms with Crippen molar-refractivity contribution in [3.63, 3.8) is 0 Å². The van der Waals surface area contributed by atoms with Crippen molar-refractivity contribution in [2.24, 2.45) is 17.3 Å². The second-order valence-corrected chi connectivity index (χ2v) is 8.20. The van der Waals surface area contributed by atoms with Gasteiger partial charge in [0, 0.05) is 5.56 Å². The molecule has 2 fully saturated rings. The highest BCUT2D eigenvalue weighted by atomic mass is 19.1. The molecule has 2 saturated carbocycles. The molecule has 0 aliphatic heterocycles. The molecule has 148 valence electrons. The van der Waals surface area contributed by atoms with E-state index in [4.69, 9.17) is 9.47 Å². The van der Waals surface area contributed by atoms with Crippen LogP contribution in [0.3, 0.4) is 0 Å². The van der Waals surface area contributed by atoms with Crippen LogP contribution >= 0.6 is 0 Å². The number of nitrogens with zero attached hydrogens (tertiary/aromatic N) is 1. The van der Waals surface area contributed by atoms with Crippen molar-refractivity contribution in [3.8, 4) is 17.6 Å². The first-order chi connectivity index (χ1) is 13.9. The quantitative estimate of drug-likeness (QED) is 0.467. The molecule has 0 amide bonds. The highest BCUT2D eigenvalue weighted by Gasteiger charge is 2.62. The molecule has 2 aromatic rings. The lowest BCUT2D eigenvalue weighted by Gasteiger charge is -2.14. The second kappa shape index (κ2) is 7.36. The first-order valence-electron chi connectivity index (χ1n) is 9.72. The van der Waals surface area contributed by atoms with Crippen molar-refractivity contribution in [3.05, 3.63) is 71.6 Å². The summed E-state index contributed by atoms with van der Waals surface area (Å²) < 4.78 is 25.3. The van der Waals surface area contributed by atoms with Crippen LogP contribution in [-0.2, 0) is 9.53 Å². The zero-order valence-electron chi connectivity index (χ0n) is 16.4. The van der Waals surface area contributed by atoms with Crippen LogP contribution in [0.5, 0.6) is 11.5 Å². The molecule has 2 aromatic carbocycles. The fourth-order valence-corrected chi connectivity index (χ4v) is 3.67. The zero-order chi connectivity index (χ0) is 20.6. The van der Waals surface area contributed by atoms with E-state index in [-0.39, 0.29) is 29.0 Å². The molecule has 29 heavy (non-hydrogen) atoms. The van der Waals surface area contributed by atoms with Gasteiger partial charge in [-0.2, -0.15) is 5.26 Å². The summed E-state index contributed by atoms with van der Waals surface area (Å²) in [7, 11) is 0. The number of nitriles is 1. The number of para-hydroxylation sites is 1. The predicted octanol–water partition coefficient (Wildman–Crippen LogP) is 5.72. The molecule has 0 aromatic heterocycles. The van der Waals surface area contributed by atoms with Crippen LogP contribution in [0.2, 0.25) is 0 Å². The maximum atomic E-state index is 14.2. The fraction of sp³-hybridized carbons (Fsp3) is 0.333. The van der Waals surface area contributed by atoms with Crippen molar-refractivity contribution < 1.29 is 18.7 Å². The number of halogens is 1. The highest BCUT2D eigenvalue weighted by molar-refractivity contribution is 5.79. The Bertz CT molecular complexity index is 1000. The summed E-state index contributed by atoms with van der Waals surface area (Å²) in [5, 5.41) is 9.56. The minimum atomic E-state index is -1.12. The summed E-state index contributed by atoms with van der Waals surface area (Å²) in [6, 6.07) is 14.9. The third-order valence-electron chi connectivity index (χ3n) is 5.70. The number of rotatable bonds is 6. The van der Waals surface area contributed by atoms with Crippen LogP contribution < -0.4 is 4.74 Å². The fourth-order valence-electron chi connectivity index (χ4n) is 3.67. The lowest BCUT2D eigenvalue weighted by molar-refractivity contribution is -0.149. The Morgan fingerprint density at radius 1 is 1.24 bits per heavy atom. The van der Waals surface area contributed by atoms with Gasteiger partial charge in [0.05, 0.1) is 5.92 Å². The van der Waals surface area contributed by atoms with Gasteiger partial charge in [-0.25, -0.2) is 4.39 Å². The van der Waals surface area contributed by atoms with E-state index in [0.717, 1.165) is 12.8 Å². The average molecular weight is 391 g/mol. The van der Waals surface area contributed by atoms with Crippen LogP contribution in [0.1, 0.15) is 38.4 Å². The molecular formula is C24H22FNO3. The Kier molecular flexibility index (Phi) is 4.87. The van der Waals surface area contributed by atoms with Crippen molar-refractivity contribution in [2.75, 3.05) is 0 Å². The van der Waals surface area contributed by atoms with Crippen LogP contribution in [0.4, 0.5) is 4.39 Å². The third-order valence-corrected chi connectivity index (χ3v) is 5.70. The lowest BCUT2D eigenvalue weighted by Crippen LogP contribution is -2.14. The summed E-state index contributed by atoms with van der Waals surface area (Å²) in [6.45, 7) is 4.07. The lowest BCUT2D eigenvalue weighted by atomic mass is 10.1. The highest BCUT2D eigenvalue weighted by Crippen LogP contribution is 2.61. The number of carbonyl (C=O) groups is 1. The first-order valence-corrected chi connectivity index (χ1v) is 9.72. The number of hydrogen-bond donors (Lipinski definition) is 0. The number of hydrogen-bond acceptors (Lipinski definition) is 4. The predicted molar refractivity (Wildman–Crippen MR) is 105 cm³/mol. The topological polar surface area (TPSA) is 59.3 Å². The molecule has 0 spiro atoms. The molecule has 4 nitrogen and oxygen atoms in total. The molecule has 5 heteroatoms. The molecule has 2 aliphatic carbocycles. The molecule has 1 unspecified atom stereocenters. The number of ether oxygens (including phenoxy) is 2. The van der Waals surface area contributed by atoms with Gasteiger partial charge in [-0.1, -0.05) is 49.8 Å². The molecule has 2 aliphatic rings. The Morgan fingerprint density at radius 3 is 2.62 bits per heavy atom. The number of benzene rings is 2. The van der Waals surface area contributed by atoms with Gasteiger partial charge in [-0.15, -0.1) is 0 Å². The average Bonchev–Trinajstić information content (AvgIpc) is 3.61. The van der Waals surface area contributed by atoms with Gasteiger partial charge in [0.25, 0.3) is 0 Å². The Balaban J connectivity index is 1.49. The second-order valence-electron chi connectivity index (χ2n) is 8.20. The molecule has 3 atom stereocenters. The van der Waals surface area contributed by atoms with E-state index in [1.807, 2.05) is 26.0 Å². The summed E-state index contributed by atoms with van der Waals surface area (Å²) in [5.74, 6) is -0.597. The monoisotopic (exact) mass is 391 g/mol. The molecule has 0 heterocycles. The standard InChI is InChI=1S/C24H22FNO3/c1-24(2)18(12-15-8-9-15)22(24)23(27)29-21(14-26)16-10-11-19(25)20(13-16)28-17-6-4-3-5-7-17/h3-7,10-13,18,21-22H,8-9H2,1-2H3/t18-,21?,22-/m0/s1. The maximum Gasteiger partial charge on any atom is 0.311 e. The van der Waals surface area contributed by atoms with E-state index in [9.17, 15) is 14.4 Å². The SMILES string of the molecule is CC1(C)[C@H](C(=O)OC(C#N)c2ccc(F)c(Oc3ccccc3)c2)[C@@H]1C=C1CC1. The van der Waals surface area contributed by atoms with Crippen molar-refractivity contribution in [1.82, 2.24) is 0 Å². The Labute approximate surface area is 169 Å². The van der Waals surface area contributed by atoms with Crippen molar-refractivity contribution in [2.45, 2.75) is 32.8 Å². The first kappa shape index (κ1) is 19.2. The molecule has 0 saturated heterocycles. The number of carbonyl (C=O) groups excluding carboxylic acids is 1. The molecule has 0 N–H and O–H groups in total. The van der Waals surface area contributed by atoms with Gasteiger partial charge in [-0.05, 0) is 48.4 Å². The van der Waals surface area contributed by atoms with Gasteiger partial charge in [0.1, 0.15) is 11.8 Å². The van der Waals surface area contributed by atoms with Gasteiger partial charge in [0.15, 0.2) is 11.6 Å². The number of allylic oxidation sites excluding steroid dienone is 2. The number of esters is 1. The maximum absolute atomic E-state index is 14.2. The summed E-state index contributed by atoms with van der Waals surface area (Å²) in [5.41, 5.74) is 1.59. The van der Waals surface area contributed by atoms with Crippen LogP contribution in [-0.4, -0.2) is 5.97 Å². The largest absolute Gasteiger partial charge is 0.454 e. The molecule has 0 bridgehead atoms.